The zero-order valence-electron chi connectivity index (χ0n) is 3.63. The van der Waals surface area contributed by atoms with Gasteiger partial charge >= 0.3 is 0 Å². The Morgan fingerprint density at radius 1 is 1.86 bits per heavy atom. The first-order valence-corrected chi connectivity index (χ1v) is 2.26. The van der Waals surface area contributed by atoms with E-state index in [4.69, 9.17) is 0 Å². The van der Waals surface area contributed by atoms with Crippen molar-refractivity contribution in [3.63, 3.8) is 0 Å². The average Bonchev–Trinajstić information content (AvgIpc) is 1.87. The van der Waals surface area contributed by atoms with Gasteiger partial charge in [-0.25, -0.2) is 5.43 Å². The van der Waals surface area contributed by atoms with Crippen molar-refractivity contribution in [1.82, 2.24) is 9.84 Å². The van der Waals surface area contributed by atoms with Gasteiger partial charge < -0.3 is 17.2 Å². The van der Waals surface area contributed by atoms with Crippen molar-refractivity contribution in [2.45, 2.75) is 0 Å². The lowest BCUT2D eigenvalue weighted by Crippen LogP contribution is -2.23. The van der Waals surface area contributed by atoms with E-state index in [0.717, 1.165) is 4.76 Å². The number of hydrogen-bond acceptors (Lipinski definition) is 4. The van der Waals surface area contributed by atoms with Gasteiger partial charge in [0.25, 0.3) is 6.67 Å². The first-order chi connectivity index (χ1) is 3.29. The van der Waals surface area contributed by atoms with Gasteiger partial charge in [-0.1, -0.05) is 0 Å². The second-order valence-corrected chi connectivity index (χ2v) is 1.76. The fraction of sp³-hybridized carbons (Fsp3) is 1.00. The van der Waals surface area contributed by atoms with Crippen molar-refractivity contribution in [3.05, 3.63) is 4.91 Å². The molecule has 40 valence electrons. The number of nitrogens with zero attached hydrogens (tertiary/aromatic N) is 2. The molecule has 0 unspecified atom stereocenters. The quantitative estimate of drug-likeness (QED) is 0.326. The maximum atomic E-state index is 10.2. The Morgan fingerprint density at radius 3 is 2.71 bits per heavy atom. The molecule has 0 atom stereocenters. The number of rotatable bonds is 0. The molecule has 4 nitrogen and oxygen atoms in total. The van der Waals surface area contributed by atoms with Crippen LogP contribution in [0.1, 0.15) is 0 Å². The Kier molecular flexibility index (Phi) is 1.27. The minimum absolute atomic E-state index is 0.287. The highest BCUT2D eigenvalue weighted by molar-refractivity contribution is 7.55. The van der Waals surface area contributed by atoms with Crippen LogP contribution in [0.4, 0.5) is 0 Å². The topological polar surface area (TPSA) is 35.4 Å². The van der Waals surface area contributed by atoms with Gasteiger partial charge in [0.05, 0.1) is 0 Å². The van der Waals surface area contributed by atoms with Crippen molar-refractivity contribution in [3.8, 4) is 0 Å². The lowest BCUT2D eigenvalue weighted by molar-refractivity contribution is -0.535. The third kappa shape index (κ3) is 1.12. The molecule has 1 saturated heterocycles. The second kappa shape index (κ2) is 1.77. The molecule has 0 spiro atoms. The summed E-state index contributed by atoms with van der Waals surface area (Å²) in [5, 5.41) is 0. The third-order valence-electron chi connectivity index (χ3n) is 0.710. The zero-order chi connectivity index (χ0) is 5.28. The predicted molar refractivity (Wildman–Crippen MR) is 25.7 cm³/mol. The van der Waals surface area contributed by atoms with Crippen LogP contribution in [-0.2, 0) is 12.8 Å². The van der Waals surface area contributed by atoms with Crippen LogP contribution in [0.3, 0.4) is 0 Å². The van der Waals surface area contributed by atoms with E-state index < -0.39 is 0 Å². The monoisotopic (exact) mass is 119 g/mol. The first-order valence-electron chi connectivity index (χ1n) is 1.89. The van der Waals surface area contributed by atoms with E-state index >= 15 is 0 Å². The Bertz CT molecular complexity index is 94.9. The molecule has 0 amide bonds. The van der Waals surface area contributed by atoms with Crippen LogP contribution in [0.15, 0.2) is 0 Å². The molecule has 0 radical (unpaired) electrons. The molecule has 0 aromatic rings. The summed E-state index contributed by atoms with van der Waals surface area (Å²) in [4.78, 5) is 10.2. The first kappa shape index (κ1) is 5.02. The summed E-state index contributed by atoms with van der Waals surface area (Å²) in [6.07, 6.45) is 0. The Labute approximate surface area is 46.6 Å². The molecule has 0 aromatic carbocycles. The van der Waals surface area contributed by atoms with Crippen LogP contribution in [0.2, 0.25) is 0 Å². The molecule has 0 bridgehead atoms. The van der Waals surface area contributed by atoms with Crippen LogP contribution >= 0.6 is 0 Å². The van der Waals surface area contributed by atoms with E-state index in [1.165, 1.54) is 4.41 Å². The molecular weight excluding hydrogens is 114 g/mol. The van der Waals surface area contributed by atoms with Crippen molar-refractivity contribution < 1.29 is 4.76 Å². The van der Waals surface area contributed by atoms with Crippen LogP contribution in [-0.4, -0.2) is 22.5 Å². The summed E-state index contributed by atoms with van der Waals surface area (Å²) in [6.45, 7) is 0.610. The van der Waals surface area contributed by atoms with Gasteiger partial charge in [0.2, 0.25) is 6.67 Å². The molecule has 1 aliphatic rings. The number of nitrogens with one attached hydrogen (secondary N) is 1. The molecule has 1 fully saturated rings. The molecule has 0 aliphatic carbocycles. The zero-order valence-corrected chi connectivity index (χ0v) is 4.44. The summed E-state index contributed by atoms with van der Waals surface area (Å²) in [5.74, 6) is 0. The lowest BCUT2D eigenvalue weighted by Gasteiger charge is -2.12. The van der Waals surface area contributed by atoms with Crippen molar-refractivity contribution in [2.24, 2.45) is 0 Å². The van der Waals surface area contributed by atoms with Crippen LogP contribution in [0.5, 0.6) is 0 Å². The SMILES string of the molecule is O=[N+]1CNN([S-])C1. The highest BCUT2D eigenvalue weighted by atomic mass is 32.1. The van der Waals surface area contributed by atoms with Crippen molar-refractivity contribution >= 4 is 12.8 Å². The maximum absolute atomic E-state index is 10.2. The average molecular weight is 119 g/mol. The van der Waals surface area contributed by atoms with Gasteiger partial charge in [0, 0.05) is 9.67 Å². The maximum Gasteiger partial charge on any atom is 0.257 e. The predicted octanol–water partition coefficient (Wildman–Crippen LogP) is -1.04. The smallest absolute Gasteiger partial charge is 0.257 e. The van der Waals surface area contributed by atoms with Gasteiger partial charge in [-0.15, -0.1) is 0 Å². The number of hydrazine groups is 1. The molecule has 1 heterocycles. The van der Waals surface area contributed by atoms with Crippen LogP contribution in [0.25, 0.3) is 0 Å². The molecular formula is C2H5N3OS. The Balaban J connectivity index is 2.40. The van der Waals surface area contributed by atoms with E-state index in [0.29, 0.717) is 6.67 Å². The molecule has 0 aromatic heterocycles. The summed E-state index contributed by atoms with van der Waals surface area (Å²) < 4.78 is 2.17. The Hall–Kier alpha value is -0.130. The molecule has 0 saturated carbocycles. The van der Waals surface area contributed by atoms with Gasteiger partial charge in [0.15, 0.2) is 0 Å². The number of nitroso groups, excluding NO2 is 1. The molecule has 5 heteroatoms. The van der Waals surface area contributed by atoms with E-state index in [-0.39, 0.29) is 6.67 Å². The van der Waals surface area contributed by atoms with Gasteiger partial charge in [0.1, 0.15) is 0 Å². The van der Waals surface area contributed by atoms with E-state index in [1.54, 1.807) is 0 Å². The fourth-order valence-corrected chi connectivity index (χ4v) is 0.588. The molecule has 1 rings (SSSR count). The van der Waals surface area contributed by atoms with E-state index in [2.05, 4.69) is 18.2 Å². The summed E-state index contributed by atoms with van der Waals surface area (Å²) >= 11 is 4.56. The summed E-state index contributed by atoms with van der Waals surface area (Å²) in [6, 6.07) is 0. The number of hydrogen-bond donors (Lipinski definition) is 1. The lowest BCUT2D eigenvalue weighted by atomic mass is 11.1. The normalized spacial score (nSPS) is 23.9. The highest BCUT2D eigenvalue weighted by Crippen LogP contribution is 1.85. The van der Waals surface area contributed by atoms with Gasteiger partial charge in [-0.05, 0) is 0 Å². The van der Waals surface area contributed by atoms with Gasteiger partial charge in [-0.2, -0.15) is 0 Å². The van der Waals surface area contributed by atoms with Gasteiger partial charge in [-0.3, -0.25) is 0 Å². The summed E-state index contributed by atoms with van der Waals surface area (Å²) in [5.41, 5.74) is 2.63. The standard InChI is InChI=1S/C2H5N3OS/c6-4-1-3-5(7)2-4/h3H,1-2H2. The molecule has 7 heavy (non-hydrogen) atoms. The fourth-order valence-electron chi connectivity index (χ4n) is 0.401. The molecule has 1 aliphatic heterocycles. The molecule has 1 N–H and O–H groups in total. The largest absolute Gasteiger partial charge is 0.677 e. The minimum Gasteiger partial charge on any atom is -0.677 e. The van der Waals surface area contributed by atoms with Crippen LogP contribution < -0.4 is 5.43 Å². The van der Waals surface area contributed by atoms with E-state index in [9.17, 15) is 4.91 Å². The van der Waals surface area contributed by atoms with Crippen molar-refractivity contribution in [2.75, 3.05) is 13.3 Å². The summed E-state index contributed by atoms with van der Waals surface area (Å²) in [7, 11) is 0. The minimum atomic E-state index is 0.287. The van der Waals surface area contributed by atoms with E-state index in [1.807, 2.05) is 0 Å². The van der Waals surface area contributed by atoms with Crippen molar-refractivity contribution in [1.29, 1.82) is 0 Å². The Morgan fingerprint density at radius 2 is 2.57 bits per heavy atom. The second-order valence-electron chi connectivity index (χ2n) is 1.32. The highest BCUT2D eigenvalue weighted by Gasteiger charge is 2.14. The van der Waals surface area contributed by atoms with Crippen LogP contribution in [0, 0.1) is 4.91 Å². The third-order valence-corrected chi connectivity index (χ3v) is 0.954.